The van der Waals surface area contributed by atoms with Gasteiger partial charge in [0.15, 0.2) is 0 Å². The maximum absolute atomic E-state index is 11.4. The van der Waals surface area contributed by atoms with Gasteiger partial charge >= 0.3 is 18.0 Å². The molecule has 0 aromatic rings. The van der Waals surface area contributed by atoms with Crippen molar-refractivity contribution in [3.8, 4) is 0 Å². The minimum Gasteiger partial charge on any atom is -0.480 e. The van der Waals surface area contributed by atoms with Gasteiger partial charge in [-0.1, -0.05) is 0 Å². The molecule has 18 heavy (non-hydrogen) atoms. The number of hydrogen-bond acceptors (Lipinski definition) is 5. The van der Waals surface area contributed by atoms with Gasteiger partial charge in [0, 0.05) is 13.6 Å². The van der Waals surface area contributed by atoms with Crippen LogP contribution in [-0.2, 0) is 19.1 Å². The average Bonchev–Trinajstić information content (AvgIpc) is 2.28. The number of aliphatic carboxylic acids is 1. The van der Waals surface area contributed by atoms with E-state index in [9.17, 15) is 14.4 Å². The number of carbonyl (C=O) groups excluding carboxylic acids is 2. The van der Waals surface area contributed by atoms with Crippen LogP contribution >= 0.6 is 0 Å². The molecule has 0 radical (unpaired) electrons. The summed E-state index contributed by atoms with van der Waals surface area (Å²) < 4.78 is 9.40. The van der Waals surface area contributed by atoms with E-state index in [-0.39, 0.29) is 26.3 Å². The molecular formula is C10H18N2O6. The summed E-state index contributed by atoms with van der Waals surface area (Å²) in [6.07, 6.45) is 0. The van der Waals surface area contributed by atoms with E-state index in [1.807, 2.05) is 0 Å². The average molecular weight is 262 g/mol. The van der Waals surface area contributed by atoms with Crippen LogP contribution in [0.4, 0.5) is 4.79 Å². The number of likely N-dealkylation sites (N-methyl/N-ethyl adjacent to an activating group) is 1. The fraction of sp³-hybridized carbons (Fsp3) is 0.700. The maximum atomic E-state index is 11.4. The van der Waals surface area contributed by atoms with Crippen LogP contribution in [0.1, 0.15) is 6.92 Å². The SMILES string of the molecule is CCOC(=O)CN(C)C(=O)NCCOCC(=O)O. The fourth-order valence-corrected chi connectivity index (χ4v) is 0.997. The van der Waals surface area contributed by atoms with Crippen LogP contribution in [0, 0.1) is 0 Å². The lowest BCUT2D eigenvalue weighted by atomic mass is 10.5. The first-order valence-corrected chi connectivity index (χ1v) is 5.41. The van der Waals surface area contributed by atoms with Crippen LogP contribution in [0.3, 0.4) is 0 Å². The second-order valence-electron chi connectivity index (χ2n) is 3.34. The highest BCUT2D eigenvalue weighted by atomic mass is 16.5. The molecule has 0 aliphatic heterocycles. The molecule has 0 saturated heterocycles. The first kappa shape index (κ1) is 16.2. The Balaban J connectivity index is 3.68. The van der Waals surface area contributed by atoms with Crippen molar-refractivity contribution >= 4 is 18.0 Å². The quantitative estimate of drug-likeness (QED) is 0.442. The lowest BCUT2D eigenvalue weighted by Gasteiger charge is -2.16. The molecule has 2 amide bonds. The Morgan fingerprint density at radius 3 is 2.56 bits per heavy atom. The first-order valence-electron chi connectivity index (χ1n) is 5.41. The number of carboxylic acids is 1. The van der Waals surface area contributed by atoms with Crippen molar-refractivity contribution in [2.24, 2.45) is 0 Å². The molecule has 0 aliphatic rings. The molecule has 104 valence electrons. The van der Waals surface area contributed by atoms with Crippen molar-refractivity contribution in [1.82, 2.24) is 10.2 Å². The lowest BCUT2D eigenvalue weighted by Crippen LogP contribution is -2.41. The number of ether oxygens (including phenoxy) is 2. The van der Waals surface area contributed by atoms with Crippen molar-refractivity contribution in [2.45, 2.75) is 6.92 Å². The van der Waals surface area contributed by atoms with E-state index in [1.165, 1.54) is 7.05 Å². The van der Waals surface area contributed by atoms with E-state index in [1.54, 1.807) is 6.92 Å². The summed E-state index contributed by atoms with van der Waals surface area (Å²) in [4.78, 5) is 33.8. The number of esters is 1. The van der Waals surface area contributed by atoms with Crippen LogP contribution in [0.15, 0.2) is 0 Å². The number of carbonyl (C=O) groups is 3. The molecule has 0 spiro atoms. The van der Waals surface area contributed by atoms with Crippen molar-refractivity contribution in [3.63, 3.8) is 0 Å². The Morgan fingerprint density at radius 1 is 1.33 bits per heavy atom. The number of nitrogens with zero attached hydrogens (tertiary/aromatic N) is 1. The third-order valence-corrected chi connectivity index (χ3v) is 1.77. The third kappa shape index (κ3) is 8.34. The molecule has 8 heteroatoms. The maximum Gasteiger partial charge on any atom is 0.329 e. The molecule has 0 rings (SSSR count). The number of urea groups is 1. The highest BCUT2D eigenvalue weighted by molar-refractivity contribution is 5.80. The van der Waals surface area contributed by atoms with Gasteiger partial charge in [-0.2, -0.15) is 0 Å². The van der Waals surface area contributed by atoms with Crippen molar-refractivity contribution in [1.29, 1.82) is 0 Å². The molecule has 0 atom stereocenters. The van der Waals surface area contributed by atoms with Gasteiger partial charge in [0.2, 0.25) is 0 Å². The minimum absolute atomic E-state index is 0.0886. The van der Waals surface area contributed by atoms with Crippen LogP contribution in [-0.4, -0.2) is 67.9 Å². The summed E-state index contributed by atoms with van der Waals surface area (Å²) >= 11 is 0. The van der Waals surface area contributed by atoms with Gasteiger partial charge < -0.3 is 24.8 Å². The Bertz CT molecular complexity index is 294. The second kappa shape index (κ2) is 9.23. The minimum atomic E-state index is -1.07. The Labute approximate surface area is 105 Å². The number of amides is 2. The molecule has 2 N–H and O–H groups in total. The van der Waals surface area contributed by atoms with Gasteiger partial charge in [0.25, 0.3) is 0 Å². The standard InChI is InChI=1S/C10H18N2O6/c1-3-18-9(15)6-12(2)10(16)11-4-5-17-7-8(13)14/h3-7H2,1-2H3,(H,11,16)(H,13,14). The zero-order chi connectivity index (χ0) is 14.0. The highest BCUT2D eigenvalue weighted by Crippen LogP contribution is 1.87. The van der Waals surface area contributed by atoms with Gasteiger partial charge in [-0.05, 0) is 6.92 Å². The number of hydrogen-bond donors (Lipinski definition) is 2. The van der Waals surface area contributed by atoms with Crippen molar-refractivity contribution in [3.05, 3.63) is 0 Å². The smallest absolute Gasteiger partial charge is 0.329 e. The van der Waals surface area contributed by atoms with E-state index in [2.05, 4.69) is 10.1 Å². The molecule has 0 fully saturated rings. The zero-order valence-electron chi connectivity index (χ0n) is 10.5. The van der Waals surface area contributed by atoms with Gasteiger partial charge in [-0.3, -0.25) is 4.79 Å². The van der Waals surface area contributed by atoms with Gasteiger partial charge in [0.05, 0.1) is 13.2 Å². The van der Waals surface area contributed by atoms with E-state index < -0.39 is 24.6 Å². The molecule has 0 aromatic heterocycles. The first-order chi connectivity index (χ1) is 8.47. The predicted molar refractivity (Wildman–Crippen MR) is 61.1 cm³/mol. The molecule has 0 bridgehead atoms. The molecule has 8 nitrogen and oxygen atoms in total. The van der Waals surface area contributed by atoms with E-state index in [0.29, 0.717) is 0 Å². The Kier molecular flexibility index (Phi) is 8.29. The summed E-state index contributed by atoms with van der Waals surface area (Å²) in [6, 6.07) is -0.457. The largest absolute Gasteiger partial charge is 0.480 e. The van der Waals surface area contributed by atoms with Crippen molar-refractivity contribution in [2.75, 3.05) is 40.0 Å². The third-order valence-electron chi connectivity index (χ3n) is 1.77. The number of nitrogens with one attached hydrogen (secondary N) is 1. The van der Waals surface area contributed by atoms with Crippen LogP contribution in [0.2, 0.25) is 0 Å². The van der Waals surface area contributed by atoms with Gasteiger partial charge in [0.1, 0.15) is 13.2 Å². The summed E-state index contributed by atoms with van der Waals surface area (Å²) in [5.74, 6) is -1.56. The highest BCUT2D eigenvalue weighted by Gasteiger charge is 2.12. The summed E-state index contributed by atoms with van der Waals surface area (Å²) in [7, 11) is 1.45. The number of rotatable bonds is 8. The Morgan fingerprint density at radius 2 is 2.00 bits per heavy atom. The molecule has 0 heterocycles. The van der Waals surface area contributed by atoms with E-state index in [0.717, 1.165) is 4.90 Å². The summed E-state index contributed by atoms with van der Waals surface area (Å²) in [6.45, 7) is 1.64. The predicted octanol–water partition coefficient (Wildman–Crippen LogP) is -0.708. The zero-order valence-corrected chi connectivity index (χ0v) is 10.5. The summed E-state index contributed by atoms with van der Waals surface area (Å²) in [5, 5.41) is 10.8. The van der Waals surface area contributed by atoms with Gasteiger partial charge in [-0.25, -0.2) is 9.59 Å². The monoisotopic (exact) mass is 262 g/mol. The van der Waals surface area contributed by atoms with E-state index in [4.69, 9.17) is 9.84 Å². The topological polar surface area (TPSA) is 105 Å². The Hall–Kier alpha value is -1.83. The molecular weight excluding hydrogens is 244 g/mol. The molecule has 0 aliphatic carbocycles. The van der Waals surface area contributed by atoms with Crippen LogP contribution in [0.5, 0.6) is 0 Å². The number of carboxylic acid groups (broad SMARTS) is 1. The fourth-order valence-electron chi connectivity index (χ4n) is 0.997. The lowest BCUT2D eigenvalue weighted by molar-refractivity contribution is -0.144. The van der Waals surface area contributed by atoms with Crippen LogP contribution in [0.25, 0.3) is 0 Å². The van der Waals surface area contributed by atoms with Crippen molar-refractivity contribution < 1.29 is 29.0 Å². The van der Waals surface area contributed by atoms with E-state index >= 15 is 0 Å². The second-order valence-corrected chi connectivity index (χ2v) is 3.34. The molecule has 0 unspecified atom stereocenters. The van der Waals surface area contributed by atoms with Crippen LogP contribution < -0.4 is 5.32 Å². The van der Waals surface area contributed by atoms with Gasteiger partial charge in [-0.15, -0.1) is 0 Å². The molecule has 0 saturated carbocycles. The summed E-state index contributed by atoms with van der Waals surface area (Å²) in [5.41, 5.74) is 0. The molecule has 0 aromatic carbocycles. The normalized spacial score (nSPS) is 9.67.